The molecule has 0 fully saturated rings. The van der Waals surface area contributed by atoms with Crippen LogP contribution >= 0.6 is 0 Å². The van der Waals surface area contributed by atoms with E-state index in [-0.39, 0.29) is 30.9 Å². The third kappa shape index (κ3) is 12.9. The van der Waals surface area contributed by atoms with E-state index < -0.39 is 57.4 Å². The van der Waals surface area contributed by atoms with E-state index in [2.05, 4.69) is 16.0 Å². The van der Waals surface area contributed by atoms with Crippen LogP contribution in [0, 0.1) is 11.6 Å². The first-order valence-corrected chi connectivity index (χ1v) is 17.2. The monoisotopic (exact) mass is 659 g/mol. The highest BCUT2D eigenvalue weighted by Crippen LogP contribution is 2.13. The smallest absolute Gasteiger partial charge is 0.408 e. The summed E-state index contributed by atoms with van der Waals surface area (Å²) in [5, 5.41) is 19.3. The molecule has 2 amide bonds. The molecule has 0 aliphatic heterocycles. The minimum absolute atomic E-state index is 0.00882. The summed E-state index contributed by atoms with van der Waals surface area (Å²) >= 11 is 0. The van der Waals surface area contributed by atoms with E-state index in [0.29, 0.717) is 31.0 Å². The number of halogens is 2. The average molecular weight is 660 g/mol. The van der Waals surface area contributed by atoms with Gasteiger partial charge in [0.25, 0.3) is 0 Å². The molecular formula is C34H43F2N3O6S. The molecule has 0 radical (unpaired) electrons. The van der Waals surface area contributed by atoms with Gasteiger partial charge in [0.15, 0.2) is 9.84 Å². The molecule has 0 saturated carbocycles. The van der Waals surface area contributed by atoms with Gasteiger partial charge in [0.1, 0.15) is 24.3 Å². The number of rotatable bonds is 18. The predicted octanol–water partition coefficient (Wildman–Crippen LogP) is 4.22. The maximum Gasteiger partial charge on any atom is 0.408 e. The van der Waals surface area contributed by atoms with Gasteiger partial charge in [-0.15, -0.1) is 0 Å². The quantitative estimate of drug-likeness (QED) is 0.161. The van der Waals surface area contributed by atoms with Crippen molar-refractivity contribution in [2.24, 2.45) is 0 Å². The van der Waals surface area contributed by atoms with Crippen LogP contribution in [0.1, 0.15) is 48.9 Å². The number of hydrogen-bond donors (Lipinski definition) is 4. The number of alkyl carbamates (subject to hydrolysis) is 1. The van der Waals surface area contributed by atoms with Crippen molar-refractivity contribution in [3.63, 3.8) is 0 Å². The minimum Gasteiger partial charge on any atom is -0.445 e. The summed E-state index contributed by atoms with van der Waals surface area (Å²) < 4.78 is 59.0. The number of sulfone groups is 1. The number of nitrogens with one attached hydrogen (secondary N) is 3. The van der Waals surface area contributed by atoms with Gasteiger partial charge in [0.05, 0.1) is 23.7 Å². The van der Waals surface area contributed by atoms with Crippen molar-refractivity contribution < 1.29 is 36.6 Å². The zero-order valence-electron chi connectivity index (χ0n) is 26.2. The number of benzene rings is 3. The van der Waals surface area contributed by atoms with Crippen molar-refractivity contribution in [3.05, 3.63) is 107 Å². The van der Waals surface area contributed by atoms with Crippen molar-refractivity contribution in [1.82, 2.24) is 16.0 Å². The van der Waals surface area contributed by atoms with Crippen molar-refractivity contribution in [2.45, 2.75) is 70.9 Å². The number of aliphatic hydroxyl groups is 1. The summed E-state index contributed by atoms with van der Waals surface area (Å²) in [5.41, 5.74) is 2.98. The molecule has 0 saturated heterocycles. The molecule has 4 N–H and O–H groups in total. The predicted molar refractivity (Wildman–Crippen MR) is 173 cm³/mol. The highest BCUT2D eigenvalue weighted by atomic mass is 32.2. The summed E-state index contributed by atoms with van der Waals surface area (Å²) in [6, 6.07) is 16.9. The molecule has 0 aliphatic carbocycles. The Labute approximate surface area is 269 Å². The van der Waals surface area contributed by atoms with Gasteiger partial charge >= 0.3 is 6.09 Å². The van der Waals surface area contributed by atoms with E-state index in [9.17, 15) is 31.9 Å². The van der Waals surface area contributed by atoms with Crippen molar-refractivity contribution >= 4 is 21.8 Å². The summed E-state index contributed by atoms with van der Waals surface area (Å²) in [6.07, 6.45) is -0.604. The van der Waals surface area contributed by atoms with Gasteiger partial charge in [-0.25, -0.2) is 22.0 Å². The summed E-state index contributed by atoms with van der Waals surface area (Å²) in [7, 11) is -3.78. The second-order valence-corrected chi connectivity index (χ2v) is 13.4. The Morgan fingerprint density at radius 2 is 1.54 bits per heavy atom. The van der Waals surface area contributed by atoms with Crippen molar-refractivity contribution in [1.29, 1.82) is 0 Å². The fraction of sp³-hybridized carbons (Fsp3) is 0.412. The van der Waals surface area contributed by atoms with Gasteiger partial charge < -0.3 is 25.8 Å². The lowest BCUT2D eigenvalue weighted by atomic mass is 10.00. The first-order valence-electron chi connectivity index (χ1n) is 15.4. The van der Waals surface area contributed by atoms with E-state index in [1.807, 2.05) is 38.1 Å². The molecule has 250 valence electrons. The first-order chi connectivity index (χ1) is 22.0. The Hall–Kier alpha value is -3.87. The molecule has 0 unspecified atom stereocenters. The number of carbonyl (C=O) groups is 2. The standard InChI is InChI=1S/C34H43F2N3O6S/c1-3-5-14-46(43,44)23-31(39-34(42)45-22-25-10-7-6-8-11-25)33(41)38-30(18-27-16-28(35)19-29(36)17-27)32(40)21-37-20-26-13-9-12-24(4-2)15-26/h6-13,15-17,19,30-32,37,40H,3-5,14,18,20-23H2,1-2H3,(H,38,41)(H,39,42)/t30-,31+,32+/m0/s1. The molecule has 0 spiro atoms. The number of hydrogen-bond acceptors (Lipinski definition) is 7. The second-order valence-electron chi connectivity index (χ2n) is 11.2. The average Bonchev–Trinajstić information content (AvgIpc) is 3.02. The minimum atomic E-state index is -3.78. The molecule has 0 bridgehead atoms. The number of aliphatic hydroxyl groups excluding tert-OH is 1. The normalized spacial score (nSPS) is 13.4. The van der Waals surface area contributed by atoms with Gasteiger partial charge in [0.2, 0.25) is 5.91 Å². The van der Waals surface area contributed by atoms with Gasteiger partial charge in [0, 0.05) is 19.2 Å². The Kier molecular flexibility index (Phi) is 14.6. The van der Waals surface area contributed by atoms with E-state index in [1.54, 1.807) is 30.3 Å². The fourth-order valence-corrected chi connectivity index (χ4v) is 6.44. The topological polar surface area (TPSA) is 134 Å². The third-order valence-electron chi connectivity index (χ3n) is 7.30. The van der Waals surface area contributed by atoms with E-state index in [4.69, 9.17) is 4.74 Å². The van der Waals surface area contributed by atoms with Crippen LogP contribution in [-0.4, -0.2) is 61.8 Å². The Morgan fingerprint density at radius 1 is 0.870 bits per heavy atom. The summed E-state index contributed by atoms with van der Waals surface area (Å²) in [5.74, 6) is -3.44. The van der Waals surface area contributed by atoms with E-state index >= 15 is 0 Å². The zero-order chi connectivity index (χ0) is 33.5. The van der Waals surface area contributed by atoms with Crippen LogP contribution < -0.4 is 16.0 Å². The Morgan fingerprint density at radius 3 is 2.22 bits per heavy atom. The highest BCUT2D eigenvalue weighted by Gasteiger charge is 2.31. The van der Waals surface area contributed by atoms with Crippen LogP contribution in [0.3, 0.4) is 0 Å². The lowest BCUT2D eigenvalue weighted by Gasteiger charge is -2.27. The van der Waals surface area contributed by atoms with Crippen LogP contribution in [0.2, 0.25) is 0 Å². The molecule has 3 aromatic rings. The summed E-state index contributed by atoms with van der Waals surface area (Å²) in [6.45, 7) is 4.16. The number of carbonyl (C=O) groups excluding carboxylic acids is 2. The van der Waals surface area contributed by atoms with Crippen molar-refractivity contribution in [2.75, 3.05) is 18.1 Å². The van der Waals surface area contributed by atoms with Crippen LogP contribution in [0.15, 0.2) is 72.8 Å². The molecule has 3 atom stereocenters. The highest BCUT2D eigenvalue weighted by molar-refractivity contribution is 7.91. The van der Waals surface area contributed by atoms with Crippen LogP contribution in [-0.2, 0) is 45.4 Å². The molecule has 3 aromatic carbocycles. The Bertz CT molecular complexity index is 1500. The number of amides is 2. The molecular weight excluding hydrogens is 616 g/mol. The SMILES string of the molecule is CCCCS(=O)(=O)C[C@@H](NC(=O)OCc1ccccc1)C(=O)N[C@@H](Cc1cc(F)cc(F)c1)[C@H](O)CNCc1cccc(CC)c1. The van der Waals surface area contributed by atoms with Crippen LogP contribution in [0.25, 0.3) is 0 Å². The summed E-state index contributed by atoms with van der Waals surface area (Å²) in [4.78, 5) is 26.3. The van der Waals surface area contributed by atoms with E-state index in [1.165, 1.54) is 0 Å². The maximum absolute atomic E-state index is 14.0. The van der Waals surface area contributed by atoms with Gasteiger partial charge in [-0.05, 0) is 53.6 Å². The zero-order valence-corrected chi connectivity index (χ0v) is 27.0. The van der Waals surface area contributed by atoms with Gasteiger partial charge in [-0.3, -0.25) is 4.79 Å². The molecule has 0 aromatic heterocycles. The van der Waals surface area contributed by atoms with Crippen LogP contribution in [0.4, 0.5) is 13.6 Å². The molecule has 12 heteroatoms. The largest absolute Gasteiger partial charge is 0.445 e. The molecule has 0 aliphatic rings. The molecule has 46 heavy (non-hydrogen) atoms. The second kappa shape index (κ2) is 18.3. The molecule has 9 nitrogen and oxygen atoms in total. The number of aryl methyl sites for hydroxylation is 1. The first kappa shape index (κ1) is 36.6. The van der Waals surface area contributed by atoms with Crippen LogP contribution in [0.5, 0.6) is 0 Å². The van der Waals surface area contributed by atoms with Crippen molar-refractivity contribution in [3.8, 4) is 0 Å². The third-order valence-corrected chi connectivity index (χ3v) is 9.06. The lowest BCUT2D eigenvalue weighted by Crippen LogP contribution is -2.56. The molecule has 3 rings (SSSR count). The lowest BCUT2D eigenvalue weighted by molar-refractivity contribution is -0.124. The number of ether oxygens (including phenoxy) is 1. The molecule has 0 heterocycles. The Balaban J connectivity index is 1.78. The van der Waals surface area contributed by atoms with Gasteiger partial charge in [-0.1, -0.05) is 74.9 Å². The fourth-order valence-electron chi connectivity index (χ4n) is 4.81. The van der Waals surface area contributed by atoms with E-state index in [0.717, 1.165) is 29.7 Å². The maximum atomic E-state index is 14.0. The van der Waals surface area contributed by atoms with Gasteiger partial charge in [-0.2, -0.15) is 0 Å². The number of unbranched alkanes of at least 4 members (excludes halogenated alkanes) is 1.